The highest BCUT2D eigenvalue weighted by Gasteiger charge is 2.36. The first-order valence-electron chi connectivity index (χ1n) is 12.1. The second kappa shape index (κ2) is 9.08. The highest BCUT2D eigenvalue weighted by atomic mass is 32.1. The number of fused-ring (bicyclic) bond motifs is 4. The summed E-state index contributed by atoms with van der Waals surface area (Å²) in [6.07, 6.45) is 3.41. The Kier molecular flexibility index (Phi) is 5.82. The number of halogens is 3. The maximum atomic E-state index is 13.8. The van der Waals surface area contributed by atoms with Gasteiger partial charge in [0.2, 0.25) is 0 Å². The van der Waals surface area contributed by atoms with Crippen LogP contribution in [0.4, 0.5) is 13.2 Å². The van der Waals surface area contributed by atoms with Gasteiger partial charge in [0.15, 0.2) is 17.1 Å². The van der Waals surface area contributed by atoms with Gasteiger partial charge in [0.1, 0.15) is 21.9 Å². The highest BCUT2D eigenvalue weighted by molar-refractivity contribution is 7.18. The highest BCUT2D eigenvalue weighted by Crippen LogP contribution is 2.34. The van der Waals surface area contributed by atoms with E-state index in [9.17, 15) is 22.8 Å². The molecule has 1 N–H and O–H groups in total. The maximum absolute atomic E-state index is 13.8. The molecule has 5 aromatic rings. The zero-order valence-electron chi connectivity index (χ0n) is 20.1. The van der Waals surface area contributed by atoms with Crippen molar-refractivity contribution >= 4 is 33.1 Å². The molecule has 0 atom stereocenters. The number of carbonyl (C=O) groups is 1. The number of furan rings is 1. The fourth-order valence-electron chi connectivity index (χ4n) is 4.83. The quantitative estimate of drug-likeness (QED) is 0.339. The second-order valence-electron chi connectivity index (χ2n) is 9.13. The van der Waals surface area contributed by atoms with Crippen LogP contribution in [0.5, 0.6) is 0 Å². The SMILES string of the molecule is Cc1nc2sc3c(c2c(=O)n1NC(=O)c1cnn2c(C(F)(F)F)cc(-c4ccco4)nc12)CCCCCC3. The third-order valence-electron chi connectivity index (χ3n) is 6.65. The van der Waals surface area contributed by atoms with Crippen LogP contribution in [0.1, 0.15) is 58.0 Å². The van der Waals surface area contributed by atoms with Crippen molar-refractivity contribution < 1.29 is 22.4 Å². The lowest BCUT2D eigenvalue weighted by molar-refractivity contribution is -0.142. The van der Waals surface area contributed by atoms with Crippen LogP contribution in [0.3, 0.4) is 0 Å². The lowest BCUT2D eigenvalue weighted by Gasteiger charge is -2.13. The molecular formula is C25H21F3N6O3S. The molecule has 6 rings (SSSR count). The van der Waals surface area contributed by atoms with Gasteiger partial charge in [-0.2, -0.15) is 18.3 Å². The summed E-state index contributed by atoms with van der Waals surface area (Å²) >= 11 is 1.51. The average molecular weight is 543 g/mol. The molecule has 196 valence electrons. The van der Waals surface area contributed by atoms with Gasteiger partial charge in [0.05, 0.1) is 17.8 Å². The number of amides is 1. The van der Waals surface area contributed by atoms with Crippen LogP contribution >= 0.6 is 11.3 Å². The third-order valence-corrected chi connectivity index (χ3v) is 7.84. The Morgan fingerprint density at radius 1 is 1.16 bits per heavy atom. The number of nitrogens with one attached hydrogen (secondary N) is 1. The predicted molar refractivity (Wildman–Crippen MR) is 134 cm³/mol. The summed E-state index contributed by atoms with van der Waals surface area (Å²) in [5, 5.41) is 4.26. The van der Waals surface area contributed by atoms with E-state index < -0.39 is 23.3 Å². The van der Waals surface area contributed by atoms with Gasteiger partial charge in [-0.3, -0.25) is 15.0 Å². The number of hydrogen-bond acceptors (Lipinski definition) is 7. The normalized spacial score (nSPS) is 14.4. The summed E-state index contributed by atoms with van der Waals surface area (Å²) in [4.78, 5) is 37.4. The number of nitrogens with zero attached hydrogens (tertiary/aromatic N) is 5. The van der Waals surface area contributed by atoms with E-state index in [-0.39, 0.29) is 28.5 Å². The van der Waals surface area contributed by atoms with Crippen molar-refractivity contribution in [3.63, 3.8) is 0 Å². The Hall–Kier alpha value is -4.00. The van der Waals surface area contributed by atoms with E-state index in [1.54, 1.807) is 6.92 Å². The van der Waals surface area contributed by atoms with Crippen molar-refractivity contribution in [1.82, 2.24) is 24.3 Å². The summed E-state index contributed by atoms with van der Waals surface area (Å²) in [5.41, 5.74) is 1.26. The van der Waals surface area contributed by atoms with Crippen LogP contribution in [0.15, 0.2) is 39.9 Å². The lowest BCUT2D eigenvalue weighted by Crippen LogP contribution is -2.35. The monoisotopic (exact) mass is 542 g/mol. The van der Waals surface area contributed by atoms with Crippen LogP contribution in [0.2, 0.25) is 0 Å². The van der Waals surface area contributed by atoms with Crippen molar-refractivity contribution in [3.05, 3.63) is 68.5 Å². The molecule has 0 aliphatic heterocycles. The van der Waals surface area contributed by atoms with Crippen LogP contribution in [0, 0.1) is 6.92 Å². The van der Waals surface area contributed by atoms with Crippen LogP contribution in [-0.4, -0.2) is 30.2 Å². The predicted octanol–water partition coefficient (Wildman–Crippen LogP) is 5.13. The lowest BCUT2D eigenvalue weighted by atomic mass is 9.98. The molecule has 0 spiro atoms. The molecular weight excluding hydrogens is 521 g/mol. The molecule has 0 fully saturated rings. The Labute approximate surface area is 216 Å². The van der Waals surface area contributed by atoms with Gasteiger partial charge in [-0.25, -0.2) is 19.2 Å². The van der Waals surface area contributed by atoms with Gasteiger partial charge < -0.3 is 4.42 Å². The molecule has 1 amide bonds. The third kappa shape index (κ3) is 4.06. The number of alkyl halides is 3. The standard InChI is InChI=1S/C25H21F3N6O3S/c1-13-30-23-20(14-7-4-2-3-5-9-18(14)38-23)24(36)33(13)32-22(35)15-12-29-34-19(25(26,27)28)11-16(31-21(15)34)17-8-6-10-37-17/h6,8,10-12H,2-5,7,9H2,1H3,(H,32,35). The van der Waals surface area contributed by atoms with Gasteiger partial charge in [-0.15, -0.1) is 11.3 Å². The molecule has 0 radical (unpaired) electrons. The minimum atomic E-state index is -4.78. The van der Waals surface area contributed by atoms with Gasteiger partial charge in [-0.1, -0.05) is 12.8 Å². The molecule has 0 saturated carbocycles. The Morgan fingerprint density at radius 2 is 1.95 bits per heavy atom. The molecule has 1 aliphatic carbocycles. The number of rotatable bonds is 3. The molecule has 9 nitrogen and oxygen atoms in total. The molecule has 38 heavy (non-hydrogen) atoms. The summed E-state index contributed by atoms with van der Waals surface area (Å²) < 4.78 is 48.3. The summed E-state index contributed by atoms with van der Waals surface area (Å²) in [5.74, 6) is -0.496. The molecule has 0 bridgehead atoms. The number of aryl methyl sites for hydroxylation is 3. The number of carbonyl (C=O) groups excluding carboxylic acids is 1. The Balaban J connectivity index is 1.44. The van der Waals surface area contributed by atoms with Crippen LogP contribution in [-0.2, 0) is 19.0 Å². The second-order valence-corrected chi connectivity index (χ2v) is 10.2. The minimum absolute atomic E-state index is 0.0984. The topological polar surface area (TPSA) is 107 Å². The van der Waals surface area contributed by atoms with Crippen molar-refractivity contribution in [2.75, 3.05) is 5.43 Å². The van der Waals surface area contributed by atoms with E-state index in [1.165, 1.54) is 29.7 Å². The van der Waals surface area contributed by atoms with Crippen LogP contribution < -0.4 is 11.0 Å². The van der Waals surface area contributed by atoms with Crippen molar-refractivity contribution in [2.45, 2.75) is 51.6 Å². The molecule has 1 aliphatic rings. The van der Waals surface area contributed by atoms with E-state index in [1.807, 2.05) is 0 Å². The summed E-state index contributed by atoms with van der Waals surface area (Å²) in [6.45, 7) is 1.59. The zero-order valence-corrected chi connectivity index (χ0v) is 20.9. The Morgan fingerprint density at radius 3 is 2.68 bits per heavy atom. The van der Waals surface area contributed by atoms with Crippen LogP contribution in [0.25, 0.3) is 27.3 Å². The molecule has 0 aromatic carbocycles. The molecule has 0 unspecified atom stereocenters. The number of thiophene rings is 1. The maximum Gasteiger partial charge on any atom is 0.433 e. The Bertz CT molecular complexity index is 1750. The average Bonchev–Trinajstić information content (AvgIpc) is 3.59. The van der Waals surface area contributed by atoms with Crippen molar-refractivity contribution in [2.24, 2.45) is 0 Å². The van der Waals surface area contributed by atoms with Gasteiger partial charge in [-0.05, 0) is 56.4 Å². The summed E-state index contributed by atoms with van der Waals surface area (Å²) in [7, 11) is 0. The zero-order chi connectivity index (χ0) is 26.6. The molecule has 5 heterocycles. The minimum Gasteiger partial charge on any atom is -0.463 e. The van der Waals surface area contributed by atoms with E-state index in [0.29, 0.717) is 14.7 Å². The van der Waals surface area contributed by atoms with Gasteiger partial charge in [0.25, 0.3) is 11.5 Å². The van der Waals surface area contributed by atoms with Gasteiger partial charge in [0, 0.05) is 4.88 Å². The van der Waals surface area contributed by atoms with E-state index in [4.69, 9.17) is 4.42 Å². The first kappa shape index (κ1) is 24.3. The fraction of sp³-hybridized carbons (Fsp3) is 0.320. The summed E-state index contributed by atoms with van der Waals surface area (Å²) in [6, 6.07) is 3.78. The van der Waals surface area contributed by atoms with Crippen molar-refractivity contribution in [1.29, 1.82) is 0 Å². The van der Waals surface area contributed by atoms with Gasteiger partial charge >= 0.3 is 6.18 Å². The molecule has 0 saturated heterocycles. The van der Waals surface area contributed by atoms with E-state index in [2.05, 4.69) is 20.5 Å². The fourth-order valence-corrected chi connectivity index (χ4v) is 6.13. The first-order chi connectivity index (χ1) is 18.2. The van der Waals surface area contributed by atoms with E-state index >= 15 is 0 Å². The smallest absolute Gasteiger partial charge is 0.433 e. The van der Waals surface area contributed by atoms with E-state index in [0.717, 1.165) is 65.9 Å². The van der Waals surface area contributed by atoms with Crippen molar-refractivity contribution in [3.8, 4) is 11.5 Å². The largest absolute Gasteiger partial charge is 0.463 e. The molecule has 13 heteroatoms. The number of aromatic nitrogens is 5. The molecule has 5 aromatic heterocycles. The first-order valence-corrected chi connectivity index (χ1v) is 12.9. The number of hydrogen-bond donors (Lipinski definition) is 1.